The molecule has 10 heteroatoms. The molecule has 0 saturated heterocycles. The van der Waals surface area contributed by atoms with E-state index in [9.17, 15) is 14.4 Å². The first kappa shape index (κ1) is 18.8. The zero-order valence-corrected chi connectivity index (χ0v) is 15.0. The van der Waals surface area contributed by atoms with Crippen molar-refractivity contribution in [1.82, 2.24) is 19.6 Å². The highest BCUT2D eigenvalue weighted by Crippen LogP contribution is 2.15. The van der Waals surface area contributed by atoms with Crippen molar-refractivity contribution in [1.29, 1.82) is 0 Å². The molecule has 0 aliphatic heterocycles. The Morgan fingerprint density at radius 2 is 1.57 bits per heavy atom. The SMILES string of the molecule is Cn1ccc(C(=O)Nc2ccc(NC(=O)CCn3ccc(C(=O)O)n3)cc2)n1. The van der Waals surface area contributed by atoms with Crippen molar-refractivity contribution >= 4 is 29.2 Å². The Morgan fingerprint density at radius 1 is 0.929 bits per heavy atom. The molecule has 0 radical (unpaired) electrons. The molecule has 0 fully saturated rings. The van der Waals surface area contributed by atoms with Crippen molar-refractivity contribution < 1.29 is 19.5 Å². The van der Waals surface area contributed by atoms with Crippen molar-refractivity contribution in [3.63, 3.8) is 0 Å². The van der Waals surface area contributed by atoms with Crippen LogP contribution in [0.1, 0.15) is 27.4 Å². The van der Waals surface area contributed by atoms with Crippen LogP contribution in [-0.4, -0.2) is 42.5 Å². The molecule has 3 aromatic rings. The van der Waals surface area contributed by atoms with Crippen LogP contribution in [0.15, 0.2) is 48.8 Å². The summed E-state index contributed by atoms with van der Waals surface area (Å²) < 4.78 is 2.94. The number of carbonyl (C=O) groups excluding carboxylic acids is 2. The summed E-state index contributed by atoms with van der Waals surface area (Å²) in [5, 5.41) is 22.2. The van der Waals surface area contributed by atoms with Gasteiger partial charge in [0.25, 0.3) is 5.91 Å². The summed E-state index contributed by atoms with van der Waals surface area (Å²) in [4.78, 5) is 34.9. The monoisotopic (exact) mass is 382 g/mol. The third-order valence-corrected chi connectivity index (χ3v) is 3.80. The van der Waals surface area contributed by atoms with Gasteiger partial charge in [0, 0.05) is 43.8 Å². The lowest BCUT2D eigenvalue weighted by atomic mass is 10.2. The second kappa shape index (κ2) is 8.16. The molecule has 1 aromatic carbocycles. The highest BCUT2D eigenvalue weighted by Gasteiger charge is 2.10. The van der Waals surface area contributed by atoms with Gasteiger partial charge in [-0.3, -0.25) is 19.0 Å². The van der Waals surface area contributed by atoms with E-state index >= 15 is 0 Å². The van der Waals surface area contributed by atoms with Crippen molar-refractivity contribution in [3.8, 4) is 0 Å². The molecule has 0 atom stereocenters. The quantitative estimate of drug-likeness (QED) is 0.569. The number of aromatic nitrogens is 4. The summed E-state index contributed by atoms with van der Waals surface area (Å²) in [6, 6.07) is 9.66. The third kappa shape index (κ3) is 4.81. The van der Waals surface area contributed by atoms with Gasteiger partial charge in [0.15, 0.2) is 11.4 Å². The molecule has 10 nitrogen and oxygen atoms in total. The van der Waals surface area contributed by atoms with E-state index < -0.39 is 5.97 Å². The normalized spacial score (nSPS) is 10.5. The number of carboxylic acids is 1. The Labute approximate surface area is 159 Å². The number of benzene rings is 1. The maximum absolute atomic E-state index is 12.1. The van der Waals surface area contributed by atoms with Gasteiger partial charge in [-0.25, -0.2) is 4.79 Å². The van der Waals surface area contributed by atoms with Crippen molar-refractivity contribution in [2.24, 2.45) is 7.05 Å². The highest BCUT2D eigenvalue weighted by atomic mass is 16.4. The average Bonchev–Trinajstić information content (AvgIpc) is 3.31. The van der Waals surface area contributed by atoms with Crippen LogP contribution in [0.2, 0.25) is 0 Å². The Bertz CT molecular complexity index is 1010. The second-order valence-corrected chi connectivity index (χ2v) is 5.97. The Hall–Kier alpha value is -3.95. The van der Waals surface area contributed by atoms with Gasteiger partial charge >= 0.3 is 5.97 Å². The topological polar surface area (TPSA) is 131 Å². The molecule has 0 aliphatic carbocycles. The summed E-state index contributed by atoms with van der Waals surface area (Å²) in [5.74, 6) is -1.67. The molecule has 2 heterocycles. The lowest BCUT2D eigenvalue weighted by Gasteiger charge is -2.07. The van der Waals surface area contributed by atoms with Gasteiger partial charge in [-0.05, 0) is 36.4 Å². The summed E-state index contributed by atoms with van der Waals surface area (Å²) in [7, 11) is 1.73. The van der Waals surface area contributed by atoms with Crippen LogP contribution in [0, 0.1) is 0 Å². The fourth-order valence-electron chi connectivity index (χ4n) is 2.41. The lowest BCUT2D eigenvalue weighted by Crippen LogP contribution is -2.15. The van der Waals surface area contributed by atoms with Crippen molar-refractivity contribution in [3.05, 3.63) is 60.2 Å². The molecule has 28 heavy (non-hydrogen) atoms. The number of aromatic carboxylic acids is 1. The minimum absolute atomic E-state index is 0.0660. The molecule has 0 spiro atoms. The maximum Gasteiger partial charge on any atom is 0.356 e. The minimum atomic E-state index is -1.11. The van der Waals surface area contributed by atoms with Crippen LogP contribution in [0.5, 0.6) is 0 Å². The van der Waals surface area contributed by atoms with E-state index in [1.54, 1.807) is 48.3 Å². The van der Waals surface area contributed by atoms with Crippen LogP contribution >= 0.6 is 0 Å². The maximum atomic E-state index is 12.1. The lowest BCUT2D eigenvalue weighted by molar-refractivity contribution is -0.116. The standard InChI is InChI=1S/C18H18N6O4/c1-23-9-6-14(21-23)17(26)20-13-4-2-12(3-5-13)19-16(25)8-11-24-10-7-15(22-24)18(27)28/h2-7,9-10H,8,11H2,1H3,(H,19,25)(H,20,26)(H,27,28). The van der Waals surface area contributed by atoms with E-state index in [0.717, 1.165) is 0 Å². The molecule has 0 aliphatic rings. The van der Waals surface area contributed by atoms with Crippen LogP contribution in [0.25, 0.3) is 0 Å². The Kier molecular flexibility index (Phi) is 5.49. The molecule has 3 N–H and O–H groups in total. The fraction of sp³-hybridized carbons (Fsp3) is 0.167. The van der Waals surface area contributed by atoms with Gasteiger partial charge < -0.3 is 15.7 Å². The summed E-state index contributed by atoms with van der Waals surface area (Å²) >= 11 is 0. The molecule has 144 valence electrons. The Balaban J connectivity index is 1.49. The average molecular weight is 382 g/mol. The number of hydrogen-bond donors (Lipinski definition) is 3. The largest absolute Gasteiger partial charge is 0.476 e. The van der Waals surface area contributed by atoms with Crippen molar-refractivity contribution in [2.75, 3.05) is 10.6 Å². The summed E-state index contributed by atoms with van der Waals surface area (Å²) in [6.45, 7) is 0.261. The van der Waals surface area contributed by atoms with Crippen LogP contribution in [0.3, 0.4) is 0 Å². The van der Waals surface area contributed by atoms with Gasteiger partial charge in [0.1, 0.15) is 0 Å². The molecular formula is C18H18N6O4. The number of nitrogens with zero attached hydrogens (tertiary/aromatic N) is 4. The van der Waals surface area contributed by atoms with E-state index in [1.807, 2.05) is 0 Å². The van der Waals surface area contributed by atoms with E-state index in [1.165, 1.54) is 16.9 Å². The molecule has 0 unspecified atom stereocenters. The second-order valence-electron chi connectivity index (χ2n) is 5.97. The Morgan fingerprint density at radius 3 is 2.14 bits per heavy atom. The first-order valence-corrected chi connectivity index (χ1v) is 8.38. The summed E-state index contributed by atoms with van der Waals surface area (Å²) in [6.07, 6.45) is 3.33. The number of amides is 2. The zero-order chi connectivity index (χ0) is 20.1. The number of aryl methyl sites for hydroxylation is 2. The molecule has 2 aromatic heterocycles. The fourth-order valence-corrected chi connectivity index (χ4v) is 2.41. The molecule has 3 rings (SSSR count). The van der Waals surface area contributed by atoms with Gasteiger partial charge in [-0.2, -0.15) is 10.2 Å². The predicted molar refractivity (Wildman–Crippen MR) is 100 cm³/mol. The van der Waals surface area contributed by atoms with E-state index in [2.05, 4.69) is 20.8 Å². The smallest absolute Gasteiger partial charge is 0.356 e. The van der Waals surface area contributed by atoms with Gasteiger partial charge in [0.05, 0.1) is 0 Å². The first-order chi connectivity index (χ1) is 13.4. The van der Waals surface area contributed by atoms with Gasteiger partial charge in [0.2, 0.25) is 5.91 Å². The van der Waals surface area contributed by atoms with E-state index in [4.69, 9.17) is 5.11 Å². The van der Waals surface area contributed by atoms with E-state index in [0.29, 0.717) is 17.1 Å². The number of hydrogen-bond acceptors (Lipinski definition) is 5. The van der Waals surface area contributed by atoms with Crippen LogP contribution in [-0.2, 0) is 18.4 Å². The number of nitrogens with one attached hydrogen (secondary N) is 2. The predicted octanol–water partition coefficient (Wildman–Crippen LogP) is 1.60. The van der Waals surface area contributed by atoms with Gasteiger partial charge in [-0.15, -0.1) is 0 Å². The minimum Gasteiger partial charge on any atom is -0.476 e. The number of rotatable bonds is 7. The van der Waals surface area contributed by atoms with E-state index in [-0.39, 0.29) is 30.5 Å². The number of carbonyl (C=O) groups is 3. The molecule has 0 bridgehead atoms. The third-order valence-electron chi connectivity index (χ3n) is 3.80. The number of carboxylic acid groups (broad SMARTS) is 1. The number of anilines is 2. The van der Waals surface area contributed by atoms with Crippen LogP contribution < -0.4 is 10.6 Å². The summed E-state index contributed by atoms with van der Waals surface area (Å²) in [5.41, 5.74) is 1.40. The van der Waals surface area contributed by atoms with Crippen molar-refractivity contribution in [2.45, 2.75) is 13.0 Å². The zero-order valence-electron chi connectivity index (χ0n) is 15.0. The molecule has 0 saturated carbocycles. The molecular weight excluding hydrogens is 364 g/mol. The van der Waals surface area contributed by atoms with Crippen LogP contribution in [0.4, 0.5) is 11.4 Å². The van der Waals surface area contributed by atoms with Gasteiger partial charge in [-0.1, -0.05) is 0 Å². The first-order valence-electron chi connectivity index (χ1n) is 8.38. The molecule has 2 amide bonds. The highest BCUT2D eigenvalue weighted by molar-refractivity contribution is 6.03.